The summed E-state index contributed by atoms with van der Waals surface area (Å²) >= 11 is 0. The quantitative estimate of drug-likeness (QED) is 0.177. The molecule has 1 unspecified atom stereocenters. The summed E-state index contributed by atoms with van der Waals surface area (Å²) in [5.74, 6) is 2.38. The molecule has 4 heteroatoms. The Kier molecular flexibility index (Phi) is 7.58. The minimum Gasteiger partial charge on any atom is -0.457 e. The maximum atomic E-state index is 6.84. The van der Waals surface area contributed by atoms with E-state index in [0.717, 1.165) is 73.0 Å². The summed E-state index contributed by atoms with van der Waals surface area (Å²) in [4.78, 5) is 15.1. The lowest BCUT2D eigenvalue weighted by molar-refractivity contribution is 0.436. The predicted octanol–water partition coefficient (Wildman–Crippen LogP) is 13.0. The van der Waals surface area contributed by atoms with Gasteiger partial charge in [0.05, 0.1) is 16.8 Å². The molecule has 1 spiro atoms. The molecule has 268 valence electrons. The van der Waals surface area contributed by atoms with Crippen LogP contribution in [0.2, 0.25) is 0 Å². The highest BCUT2D eigenvalue weighted by Gasteiger charge is 2.51. The predicted molar refractivity (Wildman–Crippen MR) is 229 cm³/mol. The maximum absolute atomic E-state index is 6.84. The van der Waals surface area contributed by atoms with E-state index in [9.17, 15) is 0 Å². The number of benzene rings is 7. The molecule has 0 saturated carbocycles. The minimum atomic E-state index is -0.634. The molecule has 0 fully saturated rings. The van der Waals surface area contributed by atoms with Crippen LogP contribution in [0, 0.1) is 6.92 Å². The third kappa shape index (κ3) is 5.18. The molecule has 1 aliphatic heterocycles. The number of para-hydroxylation sites is 1. The average Bonchev–Trinajstić information content (AvgIpc) is 3.57. The van der Waals surface area contributed by atoms with Crippen molar-refractivity contribution in [2.24, 2.45) is 0 Å². The van der Waals surface area contributed by atoms with Crippen LogP contribution < -0.4 is 4.74 Å². The molecule has 0 saturated heterocycles. The van der Waals surface area contributed by atoms with E-state index in [4.69, 9.17) is 14.7 Å². The van der Waals surface area contributed by atoms with Crippen molar-refractivity contribution in [1.82, 2.24) is 15.0 Å². The van der Waals surface area contributed by atoms with Crippen LogP contribution in [-0.4, -0.2) is 15.0 Å². The lowest BCUT2D eigenvalue weighted by atomic mass is 9.66. The van der Waals surface area contributed by atoms with Gasteiger partial charge in [0.1, 0.15) is 11.5 Å². The molecule has 0 N–H and O–H groups in total. The minimum absolute atomic E-state index is 0.634. The van der Waals surface area contributed by atoms with E-state index in [1.165, 1.54) is 27.8 Å². The molecule has 4 nitrogen and oxygen atoms in total. The number of hydrogen-bond acceptors (Lipinski definition) is 4. The third-order valence-electron chi connectivity index (χ3n) is 11.6. The first-order valence-corrected chi connectivity index (χ1v) is 19.3. The van der Waals surface area contributed by atoms with Gasteiger partial charge >= 0.3 is 0 Å². The van der Waals surface area contributed by atoms with Gasteiger partial charge in [0.2, 0.25) is 0 Å². The first-order chi connectivity index (χ1) is 28.2. The van der Waals surface area contributed by atoms with Gasteiger partial charge in [-0.25, -0.2) is 9.97 Å². The number of aromatic nitrogens is 3. The average molecular weight is 730 g/mol. The van der Waals surface area contributed by atoms with E-state index in [-0.39, 0.29) is 0 Å². The van der Waals surface area contributed by atoms with E-state index in [1.807, 2.05) is 24.5 Å². The summed E-state index contributed by atoms with van der Waals surface area (Å²) in [7, 11) is 0. The zero-order chi connectivity index (χ0) is 37.9. The smallest absolute Gasteiger partial charge is 0.161 e. The van der Waals surface area contributed by atoms with E-state index in [1.54, 1.807) is 0 Å². The van der Waals surface area contributed by atoms with Crippen LogP contribution in [0.4, 0.5) is 0 Å². The second-order valence-corrected chi connectivity index (χ2v) is 14.8. The monoisotopic (exact) mass is 729 g/mol. The lowest BCUT2D eigenvalue weighted by Crippen LogP contribution is -2.32. The molecule has 2 aliphatic rings. The molecule has 0 bridgehead atoms. The summed E-state index contributed by atoms with van der Waals surface area (Å²) in [6.45, 7) is 2.10. The highest BCUT2D eigenvalue weighted by Crippen LogP contribution is 2.63. The Morgan fingerprint density at radius 2 is 1.00 bits per heavy atom. The Bertz CT molecular complexity index is 2990. The van der Waals surface area contributed by atoms with Gasteiger partial charge in [-0.15, -0.1) is 0 Å². The van der Waals surface area contributed by atoms with E-state index < -0.39 is 5.41 Å². The number of aryl methyl sites for hydroxylation is 1. The number of fused-ring (bicyclic) bond motifs is 9. The molecule has 3 heterocycles. The number of nitrogens with zero attached hydrogens (tertiary/aromatic N) is 3. The van der Waals surface area contributed by atoms with Crippen LogP contribution in [0.1, 0.15) is 27.8 Å². The van der Waals surface area contributed by atoms with Gasteiger partial charge in [-0.2, -0.15) is 0 Å². The van der Waals surface area contributed by atoms with Crippen molar-refractivity contribution in [3.05, 3.63) is 222 Å². The zero-order valence-corrected chi connectivity index (χ0v) is 31.2. The Morgan fingerprint density at radius 3 is 1.77 bits per heavy atom. The van der Waals surface area contributed by atoms with Gasteiger partial charge in [-0.05, 0) is 81.3 Å². The van der Waals surface area contributed by atoms with Gasteiger partial charge in [0.15, 0.2) is 5.82 Å². The molecule has 0 amide bonds. The second-order valence-electron chi connectivity index (χ2n) is 14.8. The van der Waals surface area contributed by atoms with Crippen molar-refractivity contribution in [3.63, 3.8) is 0 Å². The molecule has 7 aromatic carbocycles. The summed E-state index contributed by atoms with van der Waals surface area (Å²) in [5, 5.41) is 0. The summed E-state index contributed by atoms with van der Waals surface area (Å²) in [6, 6.07) is 64.4. The van der Waals surface area contributed by atoms with Crippen molar-refractivity contribution in [3.8, 4) is 78.8 Å². The van der Waals surface area contributed by atoms with Gasteiger partial charge in [-0.1, -0.05) is 158 Å². The summed E-state index contributed by atoms with van der Waals surface area (Å²) in [6.07, 6.45) is 3.77. The van der Waals surface area contributed by atoms with Crippen LogP contribution >= 0.6 is 0 Å². The first-order valence-electron chi connectivity index (χ1n) is 19.3. The Hall–Kier alpha value is -7.43. The molecular formula is C53H35N3O. The summed E-state index contributed by atoms with van der Waals surface area (Å²) < 4.78 is 6.84. The third-order valence-corrected chi connectivity index (χ3v) is 11.6. The van der Waals surface area contributed by atoms with Gasteiger partial charge in [0, 0.05) is 40.2 Å². The van der Waals surface area contributed by atoms with E-state index in [0.29, 0.717) is 5.82 Å². The number of ether oxygens (including phenoxy) is 1. The van der Waals surface area contributed by atoms with Crippen LogP contribution in [0.15, 0.2) is 194 Å². The normalized spacial score (nSPS) is 14.6. The van der Waals surface area contributed by atoms with E-state index in [2.05, 4.69) is 182 Å². The molecule has 57 heavy (non-hydrogen) atoms. The second kappa shape index (κ2) is 13.1. The van der Waals surface area contributed by atoms with Crippen LogP contribution in [0.5, 0.6) is 11.5 Å². The Balaban J connectivity index is 1.14. The van der Waals surface area contributed by atoms with Crippen LogP contribution in [-0.2, 0) is 5.41 Å². The Labute approximate surface area is 331 Å². The number of hydrogen-bond donors (Lipinski definition) is 0. The molecule has 1 aliphatic carbocycles. The first kappa shape index (κ1) is 33.0. The molecule has 11 rings (SSSR count). The molecular weight excluding hydrogens is 695 g/mol. The fraction of sp³-hybridized carbons (Fsp3) is 0.0377. The summed E-state index contributed by atoms with van der Waals surface area (Å²) in [5.41, 5.74) is 16.8. The number of pyridine rings is 1. The maximum Gasteiger partial charge on any atom is 0.161 e. The van der Waals surface area contributed by atoms with Crippen LogP contribution in [0.3, 0.4) is 0 Å². The molecule has 9 aromatic rings. The van der Waals surface area contributed by atoms with Crippen molar-refractivity contribution in [1.29, 1.82) is 0 Å². The van der Waals surface area contributed by atoms with Crippen molar-refractivity contribution in [2.45, 2.75) is 12.3 Å². The Morgan fingerprint density at radius 1 is 0.421 bits per heavy atom. The topological polar surface area (TPSA) is 47.9 Å². The van der Waals surface area contributed by atoms with Gasteiger partial charge in [0.25, 0.3) is 0 Å². The largest absolute Gasteiger partial charge is 0.457 e. The number of rotatable bonds is 5. The van der Waals surface area contributed by atoms with Crippen molar-refractivity contribution >= 4 is 0 Å². The van der Waals surface area contributed by atoms with Gasteiger partial charge in [-0.3, -0.25) is 4.98 Å². The fourth-order valence-electron chi connectivity index (χ4n) is 9.04. The fourth-order valence-corrected chi connectivity index (χ4v) is 9.04. The van der Waals surface area contributed by atoms with Crippen LogP contribution in [0.25, 0.3) is 67.3 Å². The van der Waals surface area contributed by atoms with Crippen molar-refractivity contribution < 1.29 is 4.74 Å². The van der Waals surface area contributed by atoms with Crippen molar-refractivity contribution in [2.75, 3.05) is 0 Å². The SMILES string of the molecule is Cc1cnccc1-c1ccc2c(c1)Oc1ccccc1C21c2ccccc2-c2c(-c3nc(-c4ccccc4)cc(-c4ccc(-c5ccccc5)cc4)n3)cccc21. The van der Waals surface area contributed by atoms with E-state index >= 15 is 0 Å². The lowest BCUT2D eigenvalue weighted by Gasteiger charge is -2.39. The zero-order valence-electron chi connectivity index (χ0n) is 31.2. The highest BCUT2D eigenvalue weighted by molar-refractivity contribution is 5.96. The standard InChI is InChI=1S/C53H35N3O/c1-34-33-54-30-29-40(34)39-27-28-45-50(31-39)57-49-22-11-10-20-44(49)53(45)43-19-9-8-17-41(43)51-42(18-12-21-46(51)53)52-55-47(37-15-6-3-7-16-37)32-48(56-52)38-25-23-36(24-26-38)35-13-4-2-5-14-35/h2-33H,1H3. The highest BCUT2D eigenvalue weighted by atomic mass is 16.5. The van der Waals surface area contributed by atoms with Gasteiger partial charge < -0.3 is 4.74 Å². The molecule has 0 radical (unpaired) electrons. The molecule has 2 aromatic heterocycles. The molecule has 1 atom stereocenters.